The van der Waals surface area contributed by atoms with Gasteiger partial charge in [0.2, 0.25) is 0 Å². The highest BCUT2D eigenvalue weighted by Gasteiger charge is 2.15. The number of amidine groups is 2. The number of rotatable bonds is 4. The van der Waals surface area contributed by atoms with Crippen molar-refractivity contribution in [2.24, 2.45) is 9.98 Å². The van der Waals surface area contributed by atoms with Crippen LogP contribution in [0.1, 0.15) is 30.9 Å². The van der Waals surface area contributed by atoms with Gasteiger partial charge in [0.05, 0.1) is 5.56 Å². The summed E-state index contributed by atoms with van der Waals surface area (Å²) in [5.41, 5.74) is 4.47. The van der Waals surface area contributed by atoms with Crippen molar-refractivity contribution < 1.29 is 18.7 Å². The van der Waals surface area contributed by atoms with Gasteiger partial charge in [0.1, 0.15) is 28.6 Å². The summed E-state index contributed by atoms with van der Waals surface area (Å²) >= 11 is 0. The third-order valence-corrected chi connectivity index (χ3v) is 6.54. The van der Waals surface area contributed by atoms with Crippen LogP contribution < -0.4 is 10.6 Å². The van der Waals surface area contributed by atoms with Crippen molar-refractivity contribution in [3.63, 3.8) is 0 Å². The van der Waals surface area contributed by atoms with Crippen LogP contribution in [0, 0.1) is 0 Å². The fourth-order valence-electron chi connectivity index (χ4n) is 4.64. The van der Waals surface area contributed by atoms with Crippen LogP contribution in [-0.4, -0.2) is 58.9 Å². The fourth-order valence-corrected chi connectivity index (χ4v) is 4.64. The molecule has 3 aromatic heterocycles. The number of carbonyl (C=O) groups is 1. The van der Waals surface area contributed by atoms with E-state index in [9.17, 15) is 0 Å². The summed E-state index contributed by atoms with van der Waals surface area (Å²) in [5.74, 6) is 2.89. The van der Waals surface area contributed by atoms with Gasteiger partial charge in [-0.25, -0.2) is 9.97 Å². The molecule has 0 spiro atoms. The van der Waals surface area contributed by atoms with Crippen molar-refractivity contribution in [3.8, 4) is 22.9 Å². The van der Waals surface area contributed by atoms with E-state index in [0.717, 1.165) is 102 Å². The molecule has 5 aromatic rings. The van der Waals surface area contributed by atoms with Crippen LogP contribution in [0.3, 0.4) is 0 Å². The van der Waals surface area contributed by atoms with E-state index in [4.69, 9.17) is 18.7 Å². The Kier molecular flexibility index (Phi) is 6.96. The average molecular weight is 537 g/mol. The zero-order valence-electron chi connectivity index (χ0n) is 22.0. The number of fused-ring (bicyclic) bond motifs is 2. The molecular formula is C30H28N6O4. The van der Waals surface area contributed by atoms with E-state index in [2.05, 4.69) is 48.8 Å². The molecule has 0 amide bonds. The molecule has 5 heterocycles. The normalized spacial score (nSPS) is 14.9. The van der Waals surface area contributed by atoms with Crippen molar-refractivity contribution in [3.05, 3.63) is 72.1 Å². The summed E-state index contributed by atoms with van der Waals surface area (Å²) in [6, 6.07) is 16.3. The second-order valence-electron chi connectivity index (χ2n) is 9.56. The third kappa shape index (κ3) is 5.42. The minimum Gasteiger partial charge on any atom is -0.481 e. The van der Waals surface area contributed by atoms with Crippen LogP contribution in [-0.2, 0) is 4.79 Å². The second kappa shape index (κ2) is 11.0. The number of aliphatic imine (C=N–C) groups is 2. The lowest BCUT2D eigenvalue weighted by atomic mass is 10.1. The van der Waals surface area contributed by atoms with Crippen molar-refractivity contribution in [1.82, 2.24) is 20.6 Å². The largest absolute Gasteiger partial charge is 0.481 e. The van der Waals surface area contributed by atoms with Crippen molar-refractivity contribution in [2.45, 2.75) is 19.8 Å². The lowest BCUT2D eigenvalue weighted by Crippen LogP contribution is -2.30. The minimum absolute atomic E-state index is 0.532. The molecule has 0 aliphatic carbocycles. The maximum Gasteiger partial charge on any atom is 0.300 e. The number of aliphatic carboxylic acids is 1. The molecule has 0 radical (unpaired) electrons. The Morgan fingerprint density at radius 2 is 1.25 bits per heavy atom. The highest BCUT2D eigenvalue weighted by Crippen LogP contribution is 2.30. The predicted molar refractivity (Wildman–Crippen MR) is 154 cm³/mol. The van der Waals surface area contributed by atoms with Gasteiger partial charge in [0.15, 0.2) is 11.6 Å². The summed E-state index contributed by atoms with van der Waals surface area (Å²) < 4.78 is 12.2. The zero-order valence-corrected chi connectivity index (χ0v) is 22.0. The van der Waals surface area contributed by atoms with Crippen LogP contribution in [0.25, 0.3) is 44.8 Å². The molecule has 2 aromatic carbocycles. The lowest BCUT2D eigenvalue weighted by molar-refractivity contribution is -0.134. The fraction of sp³-hybridized carbons (Fsp3) is 0.233. The summed E-state index contributed by atoms with van der Waals surface area (Å²) in [6.45, 7) is 4.68. The highest BCUT2D eigenvalue weighted by atomic mass is 16.4. The topological polar surface area (TPSA) is 138 Å². The van der Waals surface area contributed by atoms with Crippen LogP contribution in [0.4, 0.5) is 0 Å². The van der Waals surface area contributed by atoms with Crippen LogP contribution in [0.2, 0.25) is 0 Å². The van der Waals surface area contributed by atoms with Crippen molar-refractivity contribution in [2.75, 3.05) is 26.2 Å². The first-order valence-electron chi connectivity index (χ1n) is 13.2. The second-order valence-corrected chi connectivity index (χ2v) is 9.56. The number of carboxylic acids is 1. The summed E-state index contributed by atoms with van der Waals surface area (Å²) in [6.07, 6.45) is 5.67. The number of nitrogens with zero attached hydrogens (tertiary/aromatic N) is 4. The first-order chi connectivity index (χ1) is 19.5. The average Bonchev–Trinajstić information content (AvgIpc) is 3.62. The summed E-state index contributed by atoms with van der Waals surface area (Å²) in [7, 11) is 0. The van der Waals surface area contributed by atoms with E-state index in [1.54, 1.807) is 12.4 Å². The molecule has 7 rings (SSSR count). The SMILES string of the molecule is CC(=O)O.c1cc2cc(-c3cnc(-c4cc5ccc(C6=NCCCN6)cc5o4)nc3)oc2cc1C1=NCCCN1. The van der Waals surface area contributed by atoms with Crippen LogP contribution in [0.15, 0.2) is 79.7 Å². The molecule has 2 aliphatic rings. The number of hydrogen-bond donors (Lipinski definition) is 3. The van der Waals surface area contributed by atoms with E-state index < -0.39 is 5.97 Å². The number of aromatic nitrogens is 2. The molecule has 2 aliphatic heterocycles. The molecule has 10 heteroatoms. The molecule has 0 saturated carbocycles. The van der Waals surface area contributed by atoms with Gasteiger partial charge in [-0.3, -0.25) is 14.8 Å². The Morgan fingerprint density at radius 1 is 0.750 bits per heavy atom. The summed E-state index contributed by atoms with van der Waals surface area (Å²) in [4.78, 5) is 27.3. The quantitative estimate of drug-likeness (QED) is 0.296. The van der Waals surface area contributed by atoms with E-state index in [0.29, 0.717) is 11.6 Å². The van der Waals surface area contributed by atoms with E-state index >= 15 is 0 Å². The minimum atomic E-state index is -0.833. The molecule has 3 N–H and O–H groups in total. The Labute approximate surface area is 229 Å². The molecule has 0 atom stereocenters. The van der Waals surface area contributed by atoms with Crippen molar-refractivity contribution in [1.29, 1.82) is 0 Å². The van der Waals surface area contributed by atoms with Gasteiger partial charge in [-0.2, -0.15) is 0 Å². The predicted octanol–water partition coefficient (Wildman–Crippen LogP) is 4.87. The van der Waals surface area contributed by atoms with Gasteiger partial charge in [-0.05, 0) is 37.1 Å². The molecule has 10 nitrogen and oxygen atoms in total. The first-order valence-corrected chi connectivity index (χ1v) is 13.2. The van der Waals surface area contributed by atoms with E-state index in [1.165, 1.54) is 0 Å². The van der Waals surface area contributed by atoms with Gasteiger partial charge in [-0.1, -0.05) is 24.3 Å². The van der Waals surface area contributed by atoms with Gasteiger partial charge >= 0.3 is 0 Å². The van der Waals surface area contributed by atoms with Gasteiger partial charge in [0.25, 0.3) is 5.97 Å². The standard InChI is InChI=1S/C28H24N6O2.C2H4O2/c1-7-29-26(30-8-1)19-5-3-17-11-24(35-22(17)13-19)21-15-33-28(34-16-21)25-12-18-4-6-20(14-23(18)36-25)27-31-9-2-10-32-27;1-2(3)4/h3-6,11-16H,1-2,7-10H2,(H,29,30)(H,31,32);1H3,(H,3,4). The maximum atomic E-state index is 9.00. The lowest BCUT2D eigenvalue weighted by Gasteiger charge is -2.14. The maximum absolute atomic E-state index is 9.00. The van der Waals surface area contributed by atoms with Crippen LogP contribution >= 0.6 is 0 Å². The molecule has 40 heavy (non-hydrogen) atoms. The number of furan rings is 2. The van der Waals surface area contributed by atoms with Crippen molar-refractivity contribution >= 4 is 39.6 Å². The number of hydrogen-bond acceptors (Lipinski definition) is 9. The smallest absolute Gasteiger partial charge is 0.300 e. The molecular weight excluding hydrogens is 508 g/mol. The third-order valence-electron chi connectivity index (χ3n) is 6.54. The first kappa shape index (κ1) is 25.3. The van der Waals surface area contributed by atoms with E-state index in [-0.39, 0.29) is 0 Å². The number of nitrogens with one attached hydrogen (secondary N) is 2. The highest BCUT2D eigenvalue weighted by molar-refractivity contribution is 6.02. The Balaban J connectivity index is 0.000000680. The zero-order chi connectivity index (χ0) is 27.5. The van der Waals surface area contributed by atoms with E-state index in [1.807, 2.05) is 30.3 Å². The van der Waals surface area contributed by atoms with Gasteiger partial charge < -0.3 is 24.6 Å². The Bertz CT molecular complexity index is 1620. The van der Waals surface area contributed by atoms with Crippen LogP contribution in [0.5, 0.6) is 0 Å². The summed E-state index contributed by atoms with van der Waals surface area (Å²) in [5, 5.41) is 16.2. The molecule has 202 valence electrons. The van der Waals surface area contributed by atoms with Gasteiger partial charge in [-0.15, -0.1) is 0 Å². The Morgan fingerprint density at radius 3 is 1.75 bits per heavy atom. The molecule has 0 bridgehead atoms. The number of benzene rings is 2. The Hall–Kier alpha value is -4.99. The number of carboxylic acid groups (broad SMARTS) is 1. The van der Waals surface area contributed by atoms with Gasteiger partial charge in [0, 0.05) is 67.4 Å². The molecule has 0 fully saturated rings. The molecule has 0 unspecified atom stereocenters. The monoisotopic (exact) mass is 536 g/mol. The molecule has 0 saturated heterocycles.